The van der Waals surface area contributed by atoms with Crippen LogP contribution in [0.3, 0.4) is 0 Å². The minimum atomic E-state index is -4.12. The van der Waals surface area contributed by atoms with Crippen molar-refractivity contribution in [1.29, 1.82) is 0 Å². The molecule has 0 spiro atoms. The van der Waals surface area contributed by atoms with Gasteiger partial charge >= 0.3 is 18.1 Å². The third-order valence-electron chi connectivity index (χ3n) is 7.63. The highest BCUT2D eigenvalue weighted by Crippen LogP contribution is 2.31. The summed E-state index contributed by atoms with van der Waals surface area (Å²) in [4.78, 5) is 23.9. The van der Waals surface area contributed by atoms with Crippen LogP contribution in [0.25, 0.3) is 22.3 Å². The molecule has 0 heterocycles. The lowest BCUT2D eigenvalue weighted by molar-refractivity contribution is -0.140. The summed E-state index contributed by atoms with van der Waals surface area (Å²) in [7, 11) is 0. The number of hydrogen-bond acceptors (Lipinski definition) is 6. The fourth-order valence-electron chi connectivity index (χ4n) is 4.98. The Bertz CT molecular complexity index is 1510. The first-order valence-corrected chi connectivity index (χ1v) is 15.3. The molecule has 46 heavy (non-hydrogen) atoms. The number of esters is 2. The number of aliphatic hydroxyl groups excluding tert-OH is 2. The fourth-order valence-corrected chi connectivity index (χ4v) is 4.98. The van der Waals surface area contributed by atoms with Gasteiger partial charge in [0.2, 0.25) is 0 Å². The van der Waals surface area contributed by atoms with E-state index in [4.69, 9.17) is 19.7 Å². The molecule has 0 saturated carbocycles. The molecule has 0 fully saturated rings. The van der Waals surface area contributed by atoms with Gasteiger partial charge in [0.05, 0.1) is 37.6 Å². The van der Waals surface area contributed by atoms with Crippen molar-refractivity contribution in [1.82, 2.24) is 0 Å². The first kappa shape index (κ1) is 36.3. The lowest BCUT2D eigenvalue weighted by Gasteiger charge is -2.15. The van der Waals surface area contributed by atoms with Gasteiger partial charge in [-0.05, 0) is 70.2 Å². The van der Waals surface area contributed by atoms with E-state index < -0.39 is 37.7 Å². The third kappa shape index (κ3) is 11.0. The number of unbranched alkanes of at least 4 members (excludes halogenated alkanes) is 1. The molecular formula is C37H41F3O6. The van der Waals surface area contributed by atoms with E-state index in [1.165, 1.54) is 0 Å². The van der Waals surface area contributed by atoms with Gasteiger partial charge in [-0.1, -0.05) is 80.7 Å². The Kier molecular flexibility index (Phi) is 13.8. The summed E-state index contributed by atoms with van der Waals surface area (Å²) in [5, 5.41) is 18.2. The summed E-state index contributed by atoms with van der Waals surface area (Å²) in [5.41, 5.74) is 7.92. The number of benzene rings is 3. The highest BCUT2D eigenvalue weighted by Gasteiger charge is 2.25. The molecule has 0 bridgehead atoms. The van der Waals surface area contributed by atoms with Gasteiger partial charge in [0.25, 0.3) is 0 Å². The quantitative estimate of drug-likeness (QED) is 0.0929. The number of aryl methyl sites for hydroxylation is 2. The molecule has 0 aliphatic carbocycles. The monoisotopic (exact) mass is 638 g/mol. The summed E-state index contributed by atoms with van der Waals surface area (Å²) in [6.45, 7) is 8.20. The molecule has 0 aliphatic heterocycles. The van der Waals surface area contributed by atoms with E-state index in [1.807, 2.05) is 48.5 Å². The van der Waals surface area contributed by atoms with Crippen LogP contribution in [0, 0.1) is 0 Å². The second-order valence-electron chi connectivity index (χ2n) is 11.0. The summed E-state index contributed by atoms with van der Waals surface area (Å²) in [6.07, 6.45) is -2.11. The zero-order chi connectivity index (χ0) is 33.7. The zero-order valence-corrected chi connectivity index (χ0v) is 26.1. The molecule has 9 heteroatoms. The third-order valence-corrected chi connectivity index (χ3v) is 7.63. The molecule has 3 aromatic carbocycles. The Morgan fingerprint density at radius 3 is 1.76 bits per heavy atom. The topological polar surface area (TPSA) is 93.1 Å². The van der Waals surface area contributed by atoms with E-state index >= 15 is 0 Å². The predicted molar refractivity (Wildman–Crippen MR) is 172 cm³/mol. The number of rotatable bonds is 17. The van der Waals surface area contributed by atoms with Crippen LogP contribution in [0.2, 0.25) is 0 Å². The standard InChI is InChI=1S/C37H41F3O6/c1-4-28-21-32(14-15-34(28)30-10-8-27(9-11-30)7-5-6-18-37(38,39)40)31-13-12-29(16-19-45-35(43)25(2)23-41)33(22-31)17-20-46-36(44)26(3)24-42/h8-15,21-22,41-42H,2-7,16-20,23-24H2,1H3. The number of halogens is 3. The van der Waals surface area contributed by atoms with Crippen molar-refractivity contribution in [3.63, 3.8) is 0 Å². The molecule has 3 aromatic rings. The summed E-state index contributed by atoms with van der Waals surface area (Å²) in [6, 6.07) is 20.1. The van der Waals surface area contributed by atoms with Crippen LogP contribution in [0.15, 0.2) is 85.0 Å². The van der Waals surface area contributed by atoms with Gasteiger partial charge in [0, 0.05) is 19.3 Å². The maximum Gasteiger partial charge on any atom is 0.389 e. The molecule has 2 N–H and O–H groups in total. The SMILES string of the molecule is C=C(CO)C(=O)OCCc1ccc(-c2ccc(-c3ccc(CCCCC(F)(F)F)cc3)c(CC)c2)cc1CCOC(=O)C(=C)CO. The minimum Gasteiger partial charge on any atom is -0.462 e. The van der Waals surface area contributed by atoms with Crippen LogP contribution >= 0.6 is 0 Å². The summed E-state index contributed by atoms with van der Waals surface area (Å²) < 4.78 is 47.8. The molecule has 0 radical (unpaired) electrons. The van der Waals surface area contributed by atoms with Gasteiger partial charge in [0.15, 0.2) is 0 Å². The van der Waals surface area contributed by atoms with Gasteiger partial charge in [0.1, 0.15) is 0 Å². The van der Waals surface area contributed by atoms with Gasteiger partial charge in [-0.15, -0.1) is 0 Å². The van der Waals surface area contributed by atoms with Crippen molar-refractivity contribution >= 4 is 11.9 Å². The predicted octanol–water partition coefficient (Wildman–Crippen LogP) is 7.13. The molecule has 0 amide bonds. The lowest BCUT2D eigenvalue weighted by Crippen LogP contribution is -2.14. The number of aliphatic hydroxyl groups is 2. The van der Waals surface area contributed by atoms with Crippen molar-refractivity contribution in [2.45, 2.75) is 58.0 Å². The van der Waals surface area contributed by atoms with E-state index in [9.17, 15) is 22.8 Å². The molecule has 246 valence electrons. The average molecular weight is 639 g/mol. The van der Waals surface area contributed by atoms with E-state index in [0.717, 1.165) is 50.9 Å². The van der Waals surface area contributed by atoms with Gasteiger partial charge in [-0.25, -0.2) is 9.59 Å². The Labute approximate surface area is 268 Å². The van der Waals surface area contributed by atoms with Crippen LogP contribution in [-0.4, -0.2) is 54.8 Å². The summed E-state index contributed by atoms with van der Waals surface area (Å²) in [5.74, 6) is -1.34. The smallest absolute Gasteiger partial charge is 0.389 e. The molecular weight excluding hydrogens is 597 g/mol. The van der Waals surface area contributed by atoms with Gasteiger partial charge in [-0.3, -0.25) is 0 Å². The normalized spacial score (nSPS) is 11.3. The molecule has 0 aromatic heterocycles. The molecule has 3 rings (SSSR count). The number of carbonyl (C=O) groups is 2. The Morgan fingerprint density at radius 1 is 0.696 bits per heavy atom. The van der Waals surface area contributed by atoms with Crippen molar-refractivity contribution in [2.75, 3.05) is 26.4 Å². The minimum absolute atomic E-state index is 0.0300. The summed E-state index contributed by atoms with van der Waals surface area (Å²) >= 11 is 0. The Balaban J connectivity index is 1.79. The van der Waals surface area contributed by atoms with E-state index in [2.05, 4.69) is 32.2 Å². The Morgan fingerprint density at radius 2 is 1.22 bits per heavy atom. The van der Waals surface area contributed by atoms with E-state index in [1.54, 1.807) is 0 Å². The number of ether oxygens (including phenoxy) is 2. The first-order chi connectivity index (χ1) is 21.9. The second-order valence-corrected chi connectivity index (χ2v) is 11.0. The van der Waals surface area contributed by atoms with E-state index in [0.29, 0.717) is 25.7 Å². The van der Waals surface area contributed by atoms with Crippen LogP contribution in [0.1, 0.15) is 48.4 Å². The zero-order valence-electron chi connectivity index (χ0n) is 26.1. The maximum atomic E-state index is 12.4. The molecule has 0 unspecified atom stereocenters. The Hall–Kier alpha value is -4.21. The van der Waals surface area contributed by atoms with Crippen LogP contribution in [-0.2, 0) is 44.7 Å². The highest BCUT2D eigenvalue weighted by molar-refractivity contribution is 5.88. The number of carbonyl (C=O) groups excluding carboxylic acids is 2. The van der Waals surface area contributed by atoms with Crippen molar-refractivity contribution in [2.24, 2.45) is 0 Å². The van der Waals surface area contributed by atoms with Crippen LogP contribution in [0.4, 0.5) is 13.2 Å². The van der Waals surface area contributed by atoms with Crippen molar-refractivity contribution in [3.8, 4) is 22.3 Å². The van der Waals surface area contributed by atoms with Crippen molar-refractivity contribution in [3.05, 3.63) is 107 Å². The molecule has 0 atom stereocenters. The maximum absolute atomic E-state index is 12.4. The van der Waals surface area contributed by atoms with Crippen LogP contribution < -0.4 is 0 Å². The average Bonchev–Trinajstić information content (AvgIpc) is 3.05. The largest absolute Gasteiger partial charge is 0.462 e. The highest BCUT2D eigenvalue weighted by atomic mass is 19.4. The lowest BCUT2D eigenvalue weighted by atomic mass is 9.91. The second kappa shape index (κ2) is 17.5. The molecule has 0 saturated heterocycles. The molecule has 0 aliphatic rings. The van der Waals surface area contributed by atoms with Crippen LogP contribution in [0.5, 0.6) is 0 Å². The molecule has 6 nitrogen and oxygen atoms in total. The van der Waals surface area contributed by atoms with Crippen molar-refractivity contribution < 1.29 is 42.4 Å². The van der Waals surface area contributed by atoms with Gasteiger partial charge < -0.3 is 19.7 Å². The first-order valence-electron chi connectivity index (χ1n) is 15.3. The van der Waals surface area contributed by atoms with Gasteiger partial charge in [-0.2, -0.15) is 13.2 Å². The fraction of sp³-hybridized carbons (Fsp3) is 0.351. The number of hydrogen-bond donors (Lipinski definition) is 2. The van der Waals surface area contributed by atoms with E-state index in [-0.39, 0.29) is 30.8 Å². The number of alkyl halides is 3.